The molecule has 0 unspecified atom stereocenters. The van der Waals surface area contributed by atoms with Crippen LogP contribution in [0.15, 0.2) is 84.9 Å². The van der Waals surface area contributed by atoms with Crippen molar-refractivity contribution in [3.63, 3.8) is 0 Å². The molecule has 0 bridgehead atoms. The number of aliphatic hydroxyl groups is 1. The van der Waals surface area contributed by atoms with E-state index in [4.69, 9.17) is 9.47 Å². The van der Waals surface area contributed by atoms with Crippen LogP contribution in [0.4, 0.5) is 0 Å². The Labute approximate surface area is 185 Å². The molecule has 4 nitrogen and oxygen atoms in total. The Kier molecular flexibility index (Phi) is 7.03. The summed E-state index contributed by atoms with van der Waals surface area (Å²) in [7, 11) is 1.66. The average molecular weight is 418 g/mol. The van der Waals surface area contributed by atoms with Gasteiger partial charge < -0.3 is 14.6 Å². The van der Waals surface area contributed by atoms with Crippen molar-refractivity contribution in [1.29, 1.82) is 0 Å². The van der Waals surface area contributed by atoms with Gasteiger partial charge in [-0.2, -0.15) is 0 Å². The van der Waals surface area contributed by atoms with Crippen LogP contribution >= 0.6 is 0 Å². The summed E-state index contributed by atoms with van der Waals surface area (Å²) in [5.74, 6) is 0.690. The predicted octanol–water partition coefficient (Wildman–Crippen LogP) is 4.24. The highest BCUT2D eigenvalue weighted by atomic mass is 16.5. The largest absolute Gasteiger partial charge is 0.497 e. The van der Waals surface area contributed by atoms with Gasteiger partial charge in [-0.05, 0) is 28.8 Å². The average Bonchev–Trinajstić information content (AvgIpc) is 2.84. The predicted molar refractivity (Wildman–Crippen MR) is 123 cm³/mol. The molecule has 0 aromatic heterocycles. The minimum Gasteiger partial charge on any atom is -0.497 e. The molecule has 31 heavy (non-hydrogen) atoms. The Balaban J connectivity index is 1.77. The van der Waals surface area contributed by atoms with Gasteiger partial charge in [-0.15, -0.1) is 0 Å². The molecule has 3 aromatic rings. The molecule has 1 saturated heterocycles. The Bertz CT molecular complexity index is 924. The number of hydrogen-bond donors (Lipinski definition) is 1. The third kappa shape index (κ3) is 5.16. The molecule has 1 aliphatic rings. The van der Waals surface area contributed by atoms with E-state index in [-0.39, 0.29) is 5.92 Å². The van der Waals surface area contributed by atoms with Crippen LogP contribution in [0.3, 0.4) is 0 Å². The molecular weight excluding hydrogens is 386 g/mol. The third-order valence-electron chi connectivity index (χ3n) is 6.23. The van der Waals surface area contributed by atoms with Crippen LogP contribution in [0.25, 0.3) is 0 Å². The molecule has 0 amide bonds. The van der Waals surface area contributed by atoms with Gasteiger partial charge in [0.1, 0.15) is 11.4 Å². The van der Waals surface area contributed by atoms with Gasteiger partial charge in [0.15, 0.2) is 0 Å². The molecule has 162 valence electrons. The highest BCUT2D eigenvalue weighted by molar-refractivity contribution is 5.37. The Hall–Kier alpha value is -2.66. The zero-order valence-electron chi connectivity index (χ0n) is 18.1. The van der Waals surface area contributed by atoms with Crippen molar-refractivity contribution in [1.82, 2.24) is 4.90 Å². The molecule has 4 rings (SSSR count). The summed E-state index contributed by atoms with van der Waals surface area (Å²) in [6, 6.07) is 28.5. The first kappa shape index (κ1) is 21.6. The van der Waals surface area contributed by atoms with Crippen LogP contribution in [0, 0.1) is 0 Å². The van der Waals surface area contributed by atoms with E-state index >= 15 is 0 Å². The van der Waals surface area contributed by atoms with E-state index in [2.05, 4.69) is 41.3 Å². The van der Waals surface area contributed by atoms with Gasteiger partial charge in [0.25, 0.3) is 0 Å². The molecule has 2 atom stereocenters. The molecule has 1 heterocycles. The van der Waals surface area contributed by atoms with Gasteiger partial charge in [-0.1, -0.05) is 72.8 Å². The smallest absolute Gasteiger partial charge is 0.118 e. The minimum absolute atomic E-state index is 0.0969. The highest BCUT2D eigenvalue weighted by Gasteiger charge is 2.40. The molecule has 1 N–H and O–H groups in total. The second-order valence-electron chi connectivity index (χ2n) is 8.19. The van der Waals surface area contributed by atoms with E-state index < -0.39 is 5.60 Å². The number of ether oxygens (including phenoxy) is 2. The topological polar surface area (TPSA) is 41.9 Å². The Morgan fingerprint density at radius 2 is 1.52 bits per heavy atom. The lowest BCUT2D eigenvalue weighted by molar-refractivity contribution is -0.0223. The summed E-state index contributed by atoms with van der Waals surface area (Å²) < 4.78 is 10.9. The summed E-state index contributed by atoms with van der Waals surface area (Å²) in [6.07, 6.45) is 0.532. The van der Waals surface area contributed by atoms with Crippen molar-refractivity contribution in [2.75, 3.05) is 40.0 Å². The van der Waals surface area contributed by atoms with Gasteiger partial charge in [0, 0.05) is 32.0 Å². The van der Waals surface area contributed by atoms with Crippen LogP contribution in [-0.4, -0.2) is 50.0 Å². The fourth-order valence-electron chi connectivity index (χ4n) is 4.47. The number of morpholine rings is 1. The van der Waals surface area contributed by atoms with E-state index in [1.54, 1.807) is 7.11 Å². The van der Waals surface area contributed by atoms with Crippen molar-refractivity contribution < 1.29 is 14.6 Å². The molecule has 3 aromatic carbocycles. The fraction of sp³-hybridized carbons (Fsp3) is 0.333. The van der Waals surface area contributed by atoms with E-state index in [0.29, 0.717) is 6.42 Å². The number of hydrogen-bond acceptors (Lipinski definition) is 4. The van der Waals surface area contributed by atoms with Crippen LogP contribution in [0.2, 0.25) is 0 Å². The molecule has 0 spiro atoms. The maximum Gasteiger partial charge on any atom is 0.118 e. The number of methoxy groups -OCH3 is 1. The van der Waals surface area contributed by atoms with Gasteiger partial charge in [0.2, 0.25) is 0 Å². The summed E-state index contributed by atoms with van der Waals surface area (Å²) >= 11 is 0. The maximum atomic E-state index is 12.4. The van der Waals surface area contributed by atoms with E-state index in [0.717, 1.165) is 55.3 Å². The van der Waals surface area contributed by atoms with Gasteiger partial charge in [-0.3, -0.25) is 4.90 Å². The number of rotatable bonds is 8. The highest BCUT2D eigenvalue weighted by Crippen LogP contribution is 2.41. The van der Waals surface area contributed by atoms with Crippen molar-refractivity contribution in [2.24, 2.45) is 0 Å². The van der Waals surface area contributed by atoms with Crippen LogP contribution in [-0.2, 0) is 16.8 Å². The van der Waals surface area contributed by atoms with Crippen molar-refractivity contribution >= 4 is 0 Å². The molecule has 0 radical (unpaired) electrons. The number of benzene rings is 3. The Morgan fingerprint density at radius 1 is 0.903 bits per heavy atom. The summed E-state index contributed by atoms with van der Waals surface area (Å²) in [5.41, 5.74) is 2.08. The Morgan fingerprint density at radius 3 is 2.13 bits per heavy atom. The molecular formula is C27H31NO3. The monoisotopic (exact) mass is 417 g/mol. The van der Waals surface area contributed by atoms with Gasteiger partial charge in [-0.25, -0.2) is 0 Å². The first-order valence-corrected chi connectivity index (χ1v) is 10.9. The van der Waals surface area contributed by atoms with E-state index in [9.17, 15) is 5.11 Å². The second kappa shape index (κ2) is 10.1. The molecule has 1 aliphatic heterocycles. The third-order valence-corrected chi connectivity index (χ3v) is 6.23. The standard InChI is InChI=1S/C27H31NO3/c1-30-25-14-12-24(13-15-25)27(29,20-22-8-4-2-5-9-22)26(23-10-6-3-7-11-23)21-28-16-18-31-19-17-28/h2-15,26,29H,16-21H2,1H3/t26-,27-/m1/s1. The first-order chi connectivity index (χ1) is 15.2. The van der Waals surface area contributed by atoms with Crippen molar-refractivity contribution in [2.45, 2.75) is 17.9 Å². The molecule has 0 saturated carbocycles. The lowest BCUT2D eigenvalue weighted by atomic mass is 9.73. The quantitative estimate of drug-likeness (QED) is 0.595. The summed E-state index contributed by atoms with van der Waals surface area (Å²) in [5, 5.41) is 12.4. The summed E-state index contributed by atoms with van der Waals surface area (Å²) in [6.45, 7) is 4.01. The van der Waals surface area contributed by atoms with Gasteiger partial charge >= 0.3 is 0 Å². The molecule has 4 heteroatoms. The zero-order valence-corrected chi connectivity index (χ0v) is 18.1. The van der Waals surface area contributed by atoms with Crippen LogP contribution in [0.5, 0.6) is 5.75 Å². The van der Waals surface area contributed by atoms with Gasteiger partial charge in [0.05, 0.1) is 20.3 Å². The summed E-state index contributed by atoms with van der Waals surface area (Å²) in [4.78, 5) is 2.40. The first-order valence-electron chi connectivity index (χ1n) is 10.9. The maximum absolute atomic E-state index is 12.4. The fourth-order valence-corrected chi connectivity index (χ4v) is 4.47. The normalized spacial score (nSPS) is 17.6. The lowest BCUT2D eigenvalue weighted by Crippen LogP contribution is -2.45. The molecule has 1 fully saturated rings. The van der Waals surface area contributed by atoms with Crippen molar-refractivity contribution in [3.05, 3.63) is 102 Å². The minimum atomic E-state index is -1.08. The van der Waals surface area contributed by atoms with Crippen LogP contribution < -0.4 is 4.74 Å². The van der Waals surface area contributed by atoms with Crippen LogP contribution in [0.1, 0.15) is 22.6 Å². The van der Waals surface area contributed by atoms with E-state index in [1.165, 1.54) is 0 Å². The molecule has 0 aliphatic carbocycles. The van der Waals surface area contributed by atoms with Crippen molar-refractivity contribution in [3.8, 4) is 5.75 Å². The zero-order chi connectivity index (χ0) is 21.5. The number of nitrogens with zero attached hydrogens (tertiary/aromatic N) is 1. The lowest BCUT2D eigenvalue weighted by Gasteiger charge is -2.41. The van der Waals surface area contributed by atoms with E-state index in [1.807, 2.05) is 48.5 Å². The second-order valence-corrected chi connectivity index (χ2v) is 8.19. The SMILES string of the molecule is COc1ccc([C@](O)(Cc2ccccc2)[C@H](CN2CCOCC2)c2ccccc2)cc1.